The number of likely N-dealkylation sites (tertiary alicyclic amines) is 1. The Morgan fingerprint density at radius 2 is 1.84 bits per heavy atom. The normalized spacial score (nSPS) is 16.0. The minimum Gasteiger partial charge on any atom is -0.457 e. The number of benzene rings is 2. The Morgan fingerprint density at radius 3 is 2.51 bits per heavy atom. The van der Waals surface area contributed by atoms with Crippen molar-refractivity contribution in [2.75, 3.05) is 18.8 Å². The molecule has 1 amide bonds. The van der Waals surface area contributed by atoms with Gasteiger partial charge in [-0.1, -0.05) is 32.0 Å². The molecule has 43 heavy (non-hydrogen) atoms. The highest BCUT2D eigenvalue weighted by molar-refractivity contribution is 5.97. The monoisotopic (exact) mass is 580 g/mol. The van der Waals surface area contributed by atoms with E-state index >= 15 is 0 Å². The number of nitrogens with zero attached hydrogens (tertiary/aromatic N) is 6. The number of ether oxygens (including phenoxy) is 1. The van der Waals surface area contributed by atoms with E-state index in [0.29, 0.717) is 47.7 Å². The molecule has 0 radical (unpaired) electrons. The number of nitriles is 1. The number of nitrogen functional groups attached to an aromatic ring is 1. The van der Waals surface area contributed by atoms with Crippen LogP contribution in [0.5, 0.6) is 11.5 Å². The third-order valence-corrected chi connectivity index (χ3v) is 7.32. The van der Waals surface area contributed by atoms with Crippen molar-refractivity contribution in [2.24, 2.45) is 0 Å². The minimum absolute atomic E-state index is 0.0676. The summed E-state index contributed by atoms with van der Waals surface area (Å²) < 4.78 is 9.01. The summed E-state index contributed by atoms with van der Waals surface area (Å²) in [6.07, 6.45) is 4.33. The summed E-state index contributed by atoms with van der Waals surface area (Å²) in [4.78, 5) is 37.8. The third kappa shape index (κ3) is 6.29. The summed E-state index contributed by atoms with van der Waals surface area (Å²) in [5.41, 5.74) is 6.84. The second-order valence-electron chi connectivity index (χ2n) is 11.6. The van der Waals surface area contributed by atoms with E-state index in [2.05, 4.69) is 21.4 Å². The number of nitrogens with two attached hydrogens (primary N) is 1. The van der Waals surface area contributed by atoms with Gasteiger partial charge in [0.05, 0.1) is 11.7 Å². The lowest BCUT2D eigenvalue weighted by Gasteiger charge is -2.33. The van der Waals surface area contributed by atoms with Gasteiger partial charge in [0, 0.05) is 24.7 Å². The van der Waals surface area contributed by atoms with Crippen LogP contribution in [0.1, 0.15) is 46.6 Å². The van der Waals surface area contributed by atoms with Gasteiger partial charge in [-0.25, -0.2) is 14.8 Å². The number of rotatable bonds is 8. The molecule has 0 aliphatic carbocycles. The zero-order valence-corrected chi connectivity index (χ0v) is 24.8. The van der Waals surface area contributed by atoms with Crippen LogP contribution >= 0.6 is 0 Å². The van der Waals surface area contributed by atoms with Crippen LogP contribution in [0.3, 0.4) is 0 Å². The topological polar surface area (TPSA) is 144 Å². The van der Waals surface area contributed by atoms with E-state index in [1.54, 1.807) is 39.8 Å². The fourth-order valence-electron chi connectivity index (χ4n) is 5.73. The van der Waals surface area contributed by atoms with E-state index in [4.69, 9.17) is 10.5 Å². The van der Waals surface area contributed by atoms with E-state index in [0.717, 1.165) is 0 Å². The van der Waals surface area contributed by atoms with Gasteiger partial charge in [-0.2, -0.15) is 5.26 Å². The van der Waals surface area contributed by atoms with Crippen molar-refractivity contribution in [3.05, 3.63) is 83.1 Å². The van der Waals surface area contributed by atoms with Crippen molar-refractivity contribution in [2.45, 2.75) is 58.2 Å². The predicted octanol–water partition coefficient (Wildman–Crippen LogP) is 4.35. The second kappa shape index (κ2) is 12.1. The number of imidazole rings is 1. The number of amides is 1. The first-order valence-corrected chi connectivity index (χ1v) is 14.3. The van der Waals surface area contributed by atoms with Gasteiger partial charge in [-0.05, 0) is 69.2 Å². The van der Waals surface area contributed by atoms with E-state index < -0.39 is 5.54 Å². The second-order valence-corrected chi connectivity index (χ2v) is 11.6. The standard InChI is InChI=1S/C32H36N8O3/c1-21(2)37-32(3,4)17-22(18-33)30(41)38-16-8-9-24(19-38)40-29-27(28(34)35-20-36-29)39(31(40)42)23-12-14-26(15-13-23)43-25-10-6-5-7-11-25/h5-7,10-15,17,20-21,24,37H,8-9,16,19H2,1-4H3,(H2,34,35,36)/b22-17-/t24-/m0/s1. The van der Waals surface area contributed by atoms with Crippen molar-refractivity contribution >= 4 is 22.9 Å². The van der Waals surface area contributed by atoms with Crippen LogP contribution < -0.4 is 21.5 Å². The molecular weight excluding hydrogens is 544 g/mol. The average Bonchev–Trinajstić information content (AvgIpc) is 3.28. The number of nitrogens with one attached hydrogen (secondary N) is 1. The Hall–Kier alpha value is -4.95. The number of hydrogen-bond donors (Lipinski definition) is 2. The smallest absolute Gasteiger partial charge is 0.335 e. The summed E-state index contributed by atoms with van der Waals surface area (Å²) in [6.45, 7) is 8.61. The molecule has 4 aromatic rings. The van der Waals surface area contributed by atoms with Crippen LogP contribution in [0.2, 0.25) is 0 Å². The first-order chi connectivity index (χ1) is 20.6. The number of para-hydroxylation sites is 1. The van der Waals surface area contributed by atoms with Gasteiger partial charge >= 0.3 is 5.69 Å². The molecule has 0 spiro atoms. The summed E-state index contributed by atoms with van der Waals surface area (Å²) in [7, 11) is 0. The van der Waals surface area contributed by atoms with Gasteiger partial charge in [0.25, 0.3) is 5.91 Å². The largest absolute Gasteiger partial charge is 0.457 e. The quantitative estimate of drug-likeness (QED) is 0.231. The van der Waals surface area contributed by atoms with Crippen LogP contribution in [0, 0.1) is 11.3 Å². The van der Waals surface area contributed by atoms with Crippen LogP contribution in [-0.4, -0.2) is 54.6 Å². The maximum atomic E-state index is 14.1. The number of carbonyl (C=O) groups excluding carboxylic acids is 1. The van der Waals surface area contributed by atoms with Gasteiger partial charge in [-0.15, -0.1) is 0 Å². The lowest BCUT2D eigenvalue weighted by Crippen LogP contribution is -2.45. The van der Waals surface area contributed by atoms with Crippen molar-refractivity contribution in [3.63, 3.8) is 0 Å². The molecule has 11 heteroatoms. The number of hydrogen-bond acceptors (Lipinski definition) is 8. The lowest BCUT2D eigenvalue weighted by molar-refractivity contribution is -0.128. The molecule has 1 aliphatic heterocycles. The molecular formula is C32H36N8O3. The highest BCUT2D eigenvalue weighted by atomic mass is 16.5. The highest BCUT2D eigenvalue weighted by Gasteiger charge is 2.32. The van der Waals surface area contributed by atoms with Crippen molar-refractivity contribution in [1.29, 1.82) is 5.26 Å². The van der Waals surface area contributed by atoms with Gasteiger partial charge in [0.15, 0.2) is 11.5 Å². The first kappa shape index (κ1) is 29.5. The molecule has 0 unspecified atom stereocenters. The Labute approximate surface area is 250 Å². The maximum absolute atomic E-state index is 14.1. The Kier molecular flexibility index (Phi) is 8.32. The molecule has 0 saturated carbocycles. The molecule has 3 heterocycles. The summed E-state index contributed by atoms with van der Waals surface area (Å²) in [5, 5.41) is 13.2. The summed E-state index contributed by atoms with van der Waals surface area (Å²) in [5.74, 6) is 1.13. The average molecular weight is 581 g/mol. The molecule has 1 aliphatic rings. The van der Waals surface area contributed by atoms with Gasteiger partial charge < -0.3 is 20.7 Å². The summed E-state index contributed by atoms with van der Waals surface area (Å²) in [6, 6.07) is 18.4. The van der Waals surface area contributed by atoms with Crippen LogP contribution in [0.25, 0.3) is 16.9 Å². The molecule has 222 valence electrons. The van der Waals surface area contributed by atoms with Crippen LogP contribution in [0.4, 0.5) is 5.82 Å². The molecule has 2 aromatic heterocycles. The number of aromatic nitrogens is 4. The van der Waals surface area contributed by atoms with Crippen LogP contribution in [-0.2, 0) is 4.79 Å². The fourth-order valence-corrected chi connectivity index (χ4v) is 5.73. The lowest BCUT2D eigenvalue weighted by atomic mass is 9.98. The number of anilines is 1. The molecule has 0 bridgehead atoms. The Balaban J connectivity index is 1.47. The van der Waals surface area contributed by atoms with Crippen molar-refractivity contribution < 1.29 is 9.53 Å². The Morgan fingerprint density at radius 1 is 1.14 bits per heavy atom. The van der Waals surface area contributed by atoms with E-state index in [1.165, 1.54) is 10.9 Å². The Bertz CT molecular complexity index is 1750. The van der Waals surface area contributed by atoms with Gasteiger partial charge in [0.1, 0.15) is 35.0 Å². The van der Waals surface area contributed by atoms with Crippen molar-refractivity contribution in [3.8, 4) is 23.3 Å². The molecule has 3 N–H and O–H groups in total. The summed E-state index contributed by atoms with van der Waals surface area (Å²) >= 11 is 0. The molecule has 1 saturated heterocycles. The third-order valence-electron chi connectivity index (χ3n) is 7.32. The molecule has 1 atom stereocenters. The molecule has 11 nitrogen and oxygen atoms in total. The van der Waals surface area contributed by atoms with E-state index in [1.807, 2.05) is 58.0 Å². The number of piperidine rings is 1. The van der Waals surface area contributed by atoms with Gasteiger partial charge in [-0.3, -0.25) is 13.9 Å². The number of carbonyl (C=O) groups is 1. The predicted molar refractivity (Wildman–Crippen MR) is 165 cm³/mol. The molecule has 1 fully saturated rings. The van der Waals surface area contributed by atoms with Crippen LogP contribution in [0.15, 0.2) is 77.4 Å². The minimum atomic E-state index is -0.551. The zero-order valence-electron chi connectivity index (χ0n) is 24.8. The van der Waals surface area contributed by atoms with Gasteiger partial charge in [0.2, 0.25) is 0 Å². The highest BCUT2D eigenvalue weighted by Crippen LogP contribution is 2.29. The molecule has 2 aromatic carbocycles. The van der Waals surface area contributed by atoms with E-state index in [-0.39, 0.29) is 41.6 Å². The zero-order chi connectivity index (χ0) is 30.7. The molecule has 5 rings (SSSR count). The number of fused-ring (bicyclic) bond motifs is 1. The maximum Gasteiger partial charge on any atom is 0.335 e. The van der Waals surface area contributed by atoms with Crippen molar-refractivity contribution in [1.82, 2.24) is 29.3 Å². The van der Waals surface area contributed by atoms with E-state index in [9.17, 15) is 14.9 Å². The fraction of sp³-hybridized carbons (Fsp3) is 0.344. The SMILES string of the molecule is CC(C)NC(C)(C)/C=C(/C#N)C(=O)N1CCC[C@H](n2c(=O)n(-c3ccc(Oc4ccccc4)cc3)c3c(N)ncnc32)C1. The first-order valence-electron chi connectivity index (χ1n) is 14.3.